The topological polar surface area (TPSA) is 68.3 Å². The number of amides is 1. The highest BCUT2D eigenvalue weighted by molar-refractivity contribution is 5.95. The van der Waals surface area contributed by atoms with Gasteiger partial charge in [-0.05, 0) is 67.4 Å². The van der Waals surface area contributed by atoms with Crippen molar-refractivity contribution in [3.63, 3.8) is 0 Å². The van der Waals surface area contributed by atoms with Crippen molar-refractivity contribution in [3.05, 3.63) is 89.0 Å². The Morgan fingerprint density at radius 3 is 2.78 bits per heavy atom. The van der Waals surface area contributed by atoms with Crippen molar-refractivity contribution in [3.8, 4) is 16.9 Å². The fourth-order valence-electron chi connectivity index (χ4n) is 3.77. The molecule has 0 aliphatic carbocycles. The normalized spacial score (nSPS) is 14.8. The quantitative estimate of drug-likeness (QED) is 0.461. The maximum Gasteiger partial charge on any atom is 0.244 e. The summed E-state index contributed by atoms with van der Waals surface area (Å²) < 4.78 is 20.8. The summed E-state index contributed by atoms with van der Waals surface area (Å²) >= 11 is 0. The fourth-order valence-corrected chi connectivity index (χ4v) is 3.77. The van der Waals surface area contributed by atoms with Crippen LogP contribution >= 0.6 is 0 Å². The van der Waals surface area contributed by atoms with Gasteiger partial charge in [0, 0.05) is 35.4 Å². The molecule has 32 heavy (non-hydrogen) atoms. The molecule has 3 aromatic rings. The van der Waals surface area contributed by atoms with Gasteiger partial charge >= 0.3 is 0 Å². The molecule has 1 aromatic heterocycles. The van der Waals surface area contributed by atoms with Crippen LogP contribution in [0.15, 0.2) is 60.8 Å². The molecule has 162 valence electrons. The standard InChI is InChI=1S/C26H23FN2O3/c1-16-11-19-13-21(15-29-25(31)9-7-20-5-3-4-10-28-20)32-26(19)23(12-16)22-14-18(17(2)30)6-8-24(22)27/h3-12,14,21H,13,15H2,1-2H3,(H,29,31)/b9-7+/t21-/m1/s1. The van der Waals surface area contributed by atoms with Crippen LogP contribution in [0.3, 0.4) is 0 Å². The number of nitrogens with one attached hydrogen (secondary N) is 1. The predicted molar refractivity (Wildman–Crippen MR) is 121 cm³/mol. The maximum atomic E-state index is 14.7. The number of nitrogens with zero attached hydrogens (tertiary/aromatic N) is 1. The van der Waals surface area contributed by atoms with E-state index in [1.54, 1.807) is 18.3 Å². The number of ether oxygens (including phenoxy) is 1. The number of aryl methyl sites for hydroxylation is 1. The summed E-state index contributed by atoms with van der Waals surface area (Å²) in [5.41, 5.74) is 4.01. The summed E-state index contributed by atoms with van der Waals surface area (Å²) in [5, 5.41) is 2.84. The summed E-state index contributed by atoms with van der Waals surface area (Å²) in [6.45, 7) is 3.71. The second-order valence-corrected chi connectivity index (χ2v) is 7.83. The summed E-state index contributed by atoms with van der Waals surface area (Å²) in [6.07, 6.45) is 5.07. The van der Waals surface area contributed by atoms with Gasteiger partial charge in [0.2, 0.25) is 5.91 Å². The SMILES string of the molecule is CC(=O)c1ccc(F)c(-c2cc(C)cc3c2O[C@@H](CNC(=O)/C=C/c2ccccn2)C3)c1. The van der Waals surface area contributed by atoms with E-state index in [9.17, 15) is 14.0 Å². The number of rotatable bonds is 6. The molecule has 5 nitrogen and oxygen atoms in total. The molecule has 1 N–H and O–H groups in total. The van der Waals surface area contributed by atoms with E-state index in [1.165, 1.54) is 25.1 Å². The van der Waals surface area contributed by atoms with Crippen molar-refractivity contribution in [2.45, 2.75) is 26.4 Å². The molecule has 0 fully saturated rings. The van der Waals surface area contributed by atoms with Crippen molar-refractivity contribution in [1.82, 2.24) is 10.3 Å². The molecular formula is C26H23FN2O3. The first kappa shape index (κ1) is 21.4. The van der Waals surface area contributed by atoms with Gasteiger partial charge in [-0.2, -0.15) is 0 Å². The molecule has 0 spiro atoms. The van der Waals surface area contributed by atoms with Gasteiger partial charge in [-0.1, -0.05) is 12.1 Å². The minimum absolute atomic E-state index is 0.129. The van der Waals surface area contributed by atoms with Crippen molar-refractivity contribution in [2.24, 2.45) is 0 Å². The number of fused-ring (bicyclic) bond motifs is 1. The van der Waals surface area contributed by atoms with Crippen LogP contribution in [-0.4, -0.2) is 29.3 Å². The van der Waals surface area contributed by atoms with E-state index in [0.29, 0.717) is 41.1 Å². The van der Waals surface area contributed by atoms with Gasteiger partial charge < -0.3 is 10.1 Å². The molecule has 0 saturated heterocycles. The van der Waals surface area contributed by atoms with Crippen LogP contribution in [0.5, 0.6) is 5.75 Å². The average molecular weight is 430 g/mol. The number of benzene rings is 2. The summed E-state index contributed by atoms with van der Waals surface area (Å²) in [6, 6.07) is 13.7. The van der Waals surface area contributed by atoms with Crippen LogP contribution in [0.2, 0.25) is 0 Å². The summed E-state index contributed by atoms with van der Waals surface area (Å²) in [7, 11) is 0. The zero-order valence-electron chi connectivity index (χ0n) is 17.9. The van der Waals surface area contributed by atoms with Crippen LogP contribution in [0.1, 0.15) is 34.1 Å². The molecule has 4 rings (SSSR count). The Balaban J connectivity index is 1.49. The highest BCUT2D eigenvalue weighted by Gasteiger charge is 2.27. The molecule has 2 aromatic carbocycles. The minimum atomic E-state index is -0.414. The third-order valence-electron chi connectivity index (χ3n) is 5.30. The van der Waals surface area contributed by atoms with Gasteiger partial charge in [-0.3, -0.25) is 14.6 Å². The molecule has 1 amide bonds. The molecule has 0 bridgehead atoms. The summed E-state index contributed by atoms with van der Waals surface area (Å²) in [4.78, 5) is 28.1. The lowest BCUT2D eigenvalue weighted by Gasteiger charge is -2.14. The molecule has 1 aliphatic rings. The Morgan fingerprint density at radius 2 is 2.03 bits per heavy atom. The molecule has 1 aliphatic heterocycles. The maximum absolute atomic E-state index is 14.7. The zero-order valence-corrected chi connectivity index (χ0v) is 17.9. The number of pyridine rings is 1. The van der Waals surface area contributed by atoms with Crippen molar-refractivity contribution >= 4 is 17.8 Å². The lowest BCUT2D eigenvalue weighted by molar-refractivity contribution is -0.116. The molecule has 2 heterocycles. The third kappa shape index (κ3) is 4.75. The number of halogens is 1. The Hall–Kier alpha value is -3.80. The number of hydrogen-bond acceptors (Lipinski definition) is 4. The second kappa shape index (κ2) is 9.14. The summed E-state index contributed by atoms with van der Waals surface area (Å²) in [5.74, 6) is -0.191. The van der Waals surface area contributed by atoms with E-state index in [2.05, 4.69) is 10.3 Å². The van der Waals surface area contributed by atoms with Gasteiger partial charge in [-0.15, -0.1) is 0 Å². The minimum Gasteiger partial charge on any atom is -0.487 e. The van der Waals surface area contributed by atoms with E-state index >= 15 is 0 Å². The van der Waals surface area contributed by atoms with Crippen LogP contribution in [0.25, 0.3) is 17.2 Å². The van der Waals surface area contributed by atoms with Gasteiger partial charge in [-0.25, -0.2) is 4.39 Å². The van der Waals surface area contributed by atoms with E-state index in [1.807, 2.05) is 37.3 Å². The predicted octanol–water partition coefficient (Wildman–Crippen LogP) is 4.53. The molecule has 0 saturated carbocycles. The van der Waals surface area contributed by atoms with Gasteiger partial charge in [0.1, 0.15) is 17.7 Å². The highest BCUT2D eigenvalue weighted by Crippen LogP contribution is 2.41. The third-order valence-corrected chi connectivity index (χ3v) is 5.30. The molecule has 0 radical (unpaired) electrons. The first-order valence-electron chi connectivity index (χ1n) is 10.4. The largest absolute Gasteiger partial charge is 0.487 e. The Morgan fingerprint density at radius 1 is 1.19 bits per heavy atom. The van der Waals surface area contributed by atoms with E-state index in [-0.39, 0.29) is 17.8 Å². The Bertz CT molecular complexity index is 1210. The van der Waals surface area contributed by atoms with Crippen LogP contribution in [0.4, 0.5) is 4.39 Å². The Kier molecular flexibility index (Phi) is 6.12. The first-order chi connectivity index (χ1) is 15.4. The monoisotopic (exact) mass is 430 g/mol. The lowest BCUT2D eigenvalue weighted by Crippen LogP contribution is -2.33. The van der Waals surface area contributed by atoms with Crippen LogP contribution < -0.4 is 10.1 Å². The molecule has 0 unspecified atom stereocenters. The number of carbonyl (C=O) groups excluding carboxylic acids is 2. The number of hydrogen-bond donors (Lipinski definition) is 1. The highest BCUT2D eigenvalue weighted by atomic mass is 19.1. The van der Waals surface area contributed by atoms with E-state index < -0.39 is 5.82 Å². The fraction of sp³-hybridized carbons (Fsp3) is 0.192. The number of ketones is 1. The smallest absolute Gasteiger partial charge is 0.244 e. The van der Waals surface area contributed by atoms with E-state index in [0.717, 1.165) is 11.1 Å². The van der Waals surface area contributed by atoms with Crippen molar-refractivity contribution in [1.29, 1.82) is 0 Å². The lowest BCUT2D eigenvalue weighted by atomic mass is 9.95. The van der Waals surface area contributed by atoms with Gasteiger partial charge in [0.25, 0.3) is 0 Å². The number of Topliss-reactive ketones (excluding diaryl/α,β-unsaturated/α-hetero) is 1. The van der Waals surface area contributed by atoms with Gasteiger partial charge in [0.05, 0.1) is 12.2 Å². The van der Waals surface area contributed by atoms with Crippen molar-refractivity contribution < 1.29 is 18.7 Å². The average Bonchev–Trinajstić information content (AvgIpc) is 3.19. The van der Waals surface area contributed by atoms with E-state index in [4.69, 9.17) is 4.74 Å². The number of carbonyl (C=O) groups is 2. The first-order valence-corrected chi connectivity index (χ1v) is 10.4. The Labute approximate surface area is 186 Å². The molecule has 6 heteroatoms. The molecular weight excluding hydrogens is 407 g/mol. The van der Waals surface area contributed by atoms with Crippen molar-refractivity contribution in [2.75, 3.05) is 6.54 Å². The van der Waals surface area contributed by atoms with Gasteiger partial charge in [0.15, 0.2) is 5.78 Å². The molecule has 1 atom stereocenters. The second-order valence-electron chi connectivity index (χ2n) is 7.83. The van der Waals surface area contributed by atoms with Crippen LogP contribution in [0, 0.1) is 12.7 Å². The number of aromatic nitrogens is 1. The van der Waals surface area contributed by atoms with Crippen LogP contribution in [-0.2, 0) is 11.2 Å². The zero-order chi connectivity index (χ0) is 22.7.